The molecule has 7 heteroatoms. The maximum Gasteiger partial charge on any atom is 0.261 e. The van der Waals surface area contributed by atoms with E-state index in [0.29, 0.717) is 22.7 Å². The highest BCUT2D eigenvalue weighted by Gasteiger charge is 2.35. The van der Waals surface area contributed by atoms with Gasteiger partial charge in [-0.3, -0.25) is 24.2 Å². The van der Waals surface area contributed by atoms with Crippen molar-refractivity contribution in [3.8, 4) is 0 Å². The van der Waals surface area contributed by atoms with E-state index in [2.05, 4.69) is 16.7 Å². The average Bonchev–Trinajstić information content (AvgIpc) is 3.44. The van der Waals surface area contributed by atoms with Crippen molar-refractivity contribution in [3.63, 3.8) is 0 Å². The summed E-state index contributed by atoms with van der Waals surface area (Å²) >= 11 is 0. The van der Waals surface area contributed by atoms with Crippen molar-refractivity contribution < 1.29 is 14.4 Å². The van der Waals surface area contributed by atoms with Crippen molar-refractivity contribution in [2.45, 2.75) is 25.9 Å². The molecule has 2 saturated heterocycles. The molecule has 1 atom stereocenters. The van der Waals surface area contributed by atoms with Crippen LogP contribution in [0.5, 0.6) is 0 Å². The Kier molecular flexibility index (Phi) is 6.00. The first-order chi connectivity index (χ1) is 16.0. The van der Waals surface area contributed by atoms with Crippen molar-refractivity contribution in [2.75, 3.05) is 45.8 Å². The minimum absolute atomic E-state index is 0.0528. The van der Waals surface area contributed by atoms with Gasteiger partial charge in [0, 0.05) is 50.9 Å². The molecule has 3 amide bonds. The Hall–Kier alpha value is -3.03. The van der Waals surface area contributed by atoms with Gasteiger partial charge in [-0.15, -0.1) is 0 Å². The average molecular weight is 447 g/mol. The topological polar surface area (TPSA) is 64.2 Å². The van der Waals surface area contributed by atoms with Crippen LogP contribution < -0.4 is 0 Å². The lowest BCUT2D eigenvalue weighted by atomic mass is 10.1. The first-order valence-corrected chi connectivity index (χ1v) is 11.8. The van der Waals surface area contributed by atoms with E-state index in [1.54, 1.807) is 24.3 Å². The Bertz CT molecular complexity index is 1020. The normalized spacial score (nSPS) is 21.7. The third-order valence-corrected chi connectivity index (χ3v) is 7.24. The van der Waals surface area contributed by atoms with Crippen LogP contribution in [0.15, 0.2) is 48.5 Å². The summed E-state index contributed by atoms with van der Waals surface area (Å²) in [4.78, 5) is 46.5. The Morgan fingerprint density at radius 3 is 2.12 bits per heavy atom. The lowest BCUT2D eigenvalue weighted by Gasteiger charge is -2.37. The third-order valence-electron chi connectivity index (χ3n) is 7.24. The number of piperazine rings is 1. The monoisotopic (exact) mass is 446 g/mol. The van der Waals surface area contributed by atoms with Gasteiger partial charge in [0.05, 0.1) is 17.7 Å². The van der Waals surface area contributed by atoms with Crippen LogP contribution in [0.25, 0.3) is 0 Å². The second kappa shape index (κ2) is 9.08. The van der Waals surface area contributed by atoms with E-state index in [1.807, 2.05) is 29.2 Å². The number of benzene rings is 2. The van der Waals surface area contributed by atoms with E-state index in [0.717, 1.165) is 57.8 Å². The number of hydrogen-bond donors (Lipinski definition) is 0. The van der Waals surface area contributed by atoms with Crippen molar-refractivity contribution in [2.24, 2.45) is 0 Å². The second-order valence-corrected chi connectivity index (χ2v) is 9.10. The molecule has 5 rings (SSSR count). The first-order valence-electron chi connectivity index (χ1n) is 11.8. The van der Waals surface area contributed by atoms with E-state index in [4.69, 9.17) is 0 Å². The Morgan fingerprint density at radius 1 is 0.879 bits per heavy atom. The molecule has 0 bridgehead atoms. The number of hydrogen-bond acceptors (Lipinski definition) is 5. The second-order valence-electron chi connectivity index (χ2n) is 9.10. The molecule has 1 unspecified atom stereocenters. The van der Waals surface area contributed by atoms with Crippen LogP contribution in [-0.4, -0.2) is 89.2 Å². The van der Waals surface area contributed by atoms with Gasteiger partial charge < -0.3 is 9.80 Å². The van der Waals surface area contributed by atoms with E-state index in [9.17, 15) is 14.4 Å². The van der Waals surface area contributed by atoms with Gasteiger partial charge in [0.1, 0.15) is 0 Å². The predicted molar refractivity (Wildman–Crippen MR) is 125 cm³/mol. The van der Waals surface area contributed by atoms with Gasteiger partial charge in [-0.2, -0.15) is 0 Å². The molecule has 0 spiro atoms. The van der Waals surface area contributed by atoms with Crippen LogP contribution in [0.4, 0.5) is 0 Å². The number of rotatable bonds is 5. The number of imide groups is 1. The fraction of sp³-hybridized carbons (Fsp3) is 0.423. The summed E-state index contributed by atoms with van der Waals surface area (Å²) in [6, 6.07) is 14.6. The van der Waals surface area contributed by atoms with Gasteiger partial charge in [-0.25, -0.2) is 0 Å². The summed E-state index contributed by atoms with van der Waals surface area (Å²) in [5, 5.41) is 0. The molecule has 0 aliphatic carbocycles. The molecule has 7 nitrogen and oxygen atoms in total. The fourth-order valence-corrected chi connectivity index (χ4v) is 5.17. The maximum atomic E-state index is 13.1. The molecule has 172 valence electrons. The Morgan fingerprint density at radius 2 is 1.52 bits per heavy atom. The molecule has 3 aliphatic heterocycles. The van der Waals surface area contributed by atoms with E-state index >= 15 is 0 Å². The number of fused-ring (bicyclic) bond motifs is 1. The van der Waals surface area contributed by atoms with Gasteiger partial charge in [-0.1, -0.05) is 31.2 Å². The zero-order valence-electron chi connectivity index (χ0n) is 19.1. The zero-order valence-corrected chi connectivity index (χ0v) is 19.1. The SMILES string of the molecule is CCN1CCN(C2CCN(C(=O)c3ccc(CN4C(=O)c5ccccc5C4=O)cc3)C2)CC1. The molecular formula is C26H30N4O3. The minimum Gasteiger partial charge on any atom is -0.337 e. The van der Waals surface area contributed by atoms with E-state index < -0.39 is 0 Å². The number of carbonyl (C=O) groups is 3. The quantitative estimate of drug-likeness (QED) is 0.660. The van der Waals surface area contributed by atoms with Gasteiger partial charge in [0.2, 0.25) is 0 Å². The number of amides is 3. The van der Waals surface area contributed by atoms with Crippen molar-refractivity contribution >= 4 is 17.7 Å². The number of likely N-dealkylation sites (tertiary alicyclic amines) is 1. The summed E-state index contributed by atoms with van der Waals surface area (Å²) in [6.45, 7) is 9.44. The number of carbonyl (C=O) groups excluding carboxylic acids is 3. The highest BCUT2D eigenvalue weighted by atomic mass is 16.2. The van der Waals surface area contributed by atoms with E-state index in [-0.39, 0.29) is 24.3 Å². The molecule has 2 aromatic carbocycles. The number of nitrogens with zero attached hydrogens (tertiary/aromatic N) is 4. The molecule has 3 aliphatic rings. The molecule has 33 heavy (non-hydrogen) atoms. The summed E-state index contributed by atoms with van der Waals surface area (Å²) in [7, 11) is 0. The summed E-state index contributed by atoms with van der Waals surface area (Å²) in [6.07, 6.45) is 1.02. The van der Waals surface area contributed by atoms with Crippen LogP contribution in [0.3, 0.4) is 0 Å². The summed E-state index contributed by atoms with van der Waals surface area (Å²) in [5.74, 6) is -0.478. The first kappa shape index (κ1) is 21.8. The highest BCUT2D eigenvalue weighted by molar-refractivity contribution is 6.21. The predicted octanol–water partition coefficient (Wildman–Crippen LogP) is 2.33. The molecule has 0 aromatic heterocycles. The summed E-state index contributed by atoms with van der Waals surface area (Å²) in [5.41, 5.74) is 2.38. The minimum atomic E-state index is -0.265. The third kappa shape index (κ3) is 4.18. The van der Waals surface area contributed by atoms with Crippen molar-refractivity contribution in [1.29, 1.82) is 0 Å². The highest BCUT2D eigenvalue weighted by Crippen LogP contribution is 2.25. The van der Waals surface area contributed by atoms with Crippen LogP contribution >= 0.6 is 0 Å². The van der Waals surface area contributed by atoms with Crippen molar-refractivity contribution in [3.05, 3.63) is 70.8 Å². The fourth-order valence-electron chi connectivity index (χ4n) is 5.17. The Balaban J connectivity index is 1.19. The van der Waals surface area contributed by atoms with E-state index in [1.165, 1.54) is 4.90 Å². The number of likely N-dealkylation sites (N-methyl/N-ethyl adjacent to an activating group) is 1. The zero-order chi connectivity index (χ0) is 22.9. The molecule has 0 saturated carbocycles. The molecule has 0 radical (unpaired) electrons. The smallest absolute Gasteiger partial charge is 0.261 e. The van der Waals surface area contributed by atoms with Crippen LogP contribution in [-0.2, 0) is 6.54 Å². The van der Waals surface area contributed by atoms with Crippen molar-refractivity contribution in [1.82, 2.24) is 19.6 Å². The van der Waals surface area contributed by atoms with Gasteiger partial charge in [-0.05, 0) is 42.8 Å². The van der Waals surface area contributed by atoms with Crippen LogP contribution in [0, 0.1) is 0 Å². The van der Waals surface area contributed by atoms with Gasteiger partial charge >= 0.3 is 0 Å². The lowest BCUT2D eigenvalue weighted by Crippen LogP contribution is -2.51. The molecule has 2 fully saturated rings. The van der Waals surface area contributed by atoms with Crippen LogP contribution in [0.2, 0.25) is 0 Å². The van der Waals surface area contributed by atoms with Gasteiger partial charge in [0.15, 0.2) is 0 Å². The molecular weight excluding hydrogens is 416 g/mol. The molecule has 2 aromatic rings. The van der Waals surface area contributed by atoms with Gasteiger partial charge in [0.25, 0.3) is 17.7 Å². The maximum absolute atomic E-state index is 13.1. The lowest BCUT2D eigenvalue weighted by molar-refractivity contribution is 0.0641. The summed E-state index contributed by atoms with van der Waals surface area (Å²) < 4.78 is 0. The Labute approximate surface area is 194 Å². The molecule has 0 N–H and O–H groups in total. The molecule has 3 heterocycles. The van der Waals surface area contributed by atoms with Crippen LogP contribution in [0.1, 0.15) is 50.0 Å². The largest absolute Gasteiger partial charge is 0.337 e. The standard InChI is InChI=1S/C26H30N4O3/c1-2-27-13-15-28(16-14-27)21-11-12-29(18-21)24(31)20-9-7-19(8-10-20)17-30-25(32)22-5-3-4-6-23(22)26(30)33/h3-10,21H,2,11-18H2,1H3.